The number of para-hydroxylation sites is 1. The number of hydrogen-bond donors (Lipinski definition) is 1. The highest BCUT2D eigenvalue weighted by atomic mass is 79.9. The molecule has 1 aromatic heterocycles. The van der Waals surface area contributed by atoms with Crippen LogP contribution in [0.4, 0.5) is 10.8 Å². The second kappa shape index (κ2) is 9.86. The van der Waals surface area contributed by atoms with Crippen LogP contribution in [0.15, 0.2) is 93.6 Å². The fourth-order valence-corrected chi connectivity index (χ4v) is 5.70. The zero-order chi connectivity index (χ0) is 23.4. The van der Waals surface area contributed by atoms with Crippen LogP contribution < -0.4 is 9.62 Å². The van der Waals surface area contributed by atoms with Gasteiger partial charge in [0.15, 0.2) is 5.13 Å². The zero-order valence-electron chi connectivity index (χ0n) is 17.6. The summed E-state index contributed by atoms with van der Waals surface area (Å²) < 4.78 is 28.5. The van der Waals surface area contributed by atoms with E-state index in [9.17, 15) is 13.2 Å². The van der Waals surface area contributed by atoms with Crippen LogP contribution in [0, 0.1) is 0 Å². The lowest BCUT2D eigenvalue weighted by molar-refractivity contribution is 0.102. The van der Waals surface area contributed by atoms with Gasteiger partial charge in [-0.1, -0.05) is 46.3 Å². The normalized spacial score (nSPS) is 11.2. The number of nitrogens with one attached hydrogen (secondary N) is 1. The Morgan fingerprint density at radius 2 is 1.67 bits per heavy atom. The van der Waals surface area contributed by atoms with Crippen molar-refractivity contribution >= 4 is 54.0 Å². The summed E-state index contributed by atoms with van der Waals surface area (Å²) in [6, 6.07) is 22.6. The zero-order valence-corrected chi connectivity index (χ0v) is 20.8. The lowest BCUT2D eigenvalue weighted by Crippen LogP contribution is -2.30. The first-order valence-electron chi connectivity index (χ1n) is 10.1. The van der Waals surface area contributed by atoms with E-state index in [0.29, 0.717) is 22.9 Å². The summed E-state index contributed by atoms with van der Waals surface area (Å²) in [5.74, 6) is -0.355. The number of benzene rings is 3. The SMILES string of the molecule is CCN(c1ccccc1)S(=O)(=O)c1ccc(C(=O)Nc2nc(-c3ccc(Br)cc3)cs2)cc1. The third-order valence-electron chi connectivity index (χ3n) is 4.90. The number of rotatable bonds is 7. The Bertz CT molecular complexity index is 1350. The number of carbonyl (C=O) groups is 1. The van der Waals surface area contributed by atoms with Crippen LogP contribution >= 0.6 is 27.3 Å². The predicted octanol–water partition coefficient (Wildman–Crippen LogP) is 6.04. The Labute approximate surface area is 205 Å². The summed E-state index contributed by atoms with van der Waals surface area (Å²) in [6.07, 6.45) is 0. The van der Waals surface area contributed by atoms with Crippen molar-refractivity contribution in [3.8, 4) is 11.3 Å². The van der Waals surface area contributed by atoms with E-state index in [2.05, 4.69) is 26.2 Å². The average Bonchev–Trinajstić information content (AvgIpc) is 3.29. The number of thiazole rings is 1. The van der Waals surface area contributed by atoms with Crippen molar-refractivity contribution in [1.29, 1.82) is 0 Å². The molecule has 4 aromatic rings. The lowest BCUT2D eigenvalue weighted by atomic mass is 10.2. The number of sulfonamides is 1. The second-order valence-electron chi connectivity index (χ2n) is 7.03. The molecule has 9 heteroatoms. The van der Waals surface area contributed by atoms with Gasteiger partial charge in [0.05, 0.1) is 16.3 Å². The van der Waals surface area contributed by atoms with Crippen molar-refractivity contribution in [1.82, 2.24) is 4.98 Å². The predicted molar refractivity (Wildman–Crippen MR) is 136 cm³/mol. The van der Waals surface area contributed by atoms with E-state index in [1.54, 1.807) is 31.2 Å². The molecular formula is C24H20BrN3O3S2. The van der Waals surface area contributed by atoms with E-state index in [1.807, 2.05) is 35.7 Å². The van der Waals surface area contributed by atoms with Crippen LogP contribution in [0.5, 0.6) is 0 Å². The minimum atomic E-state index is -3.75. The highest BCUT2D eigenvalue weighted by molar-refractivity contribution is 9.10. The minimum absolute atomic E-state index is 0.122. The van der Waals surface area contributed by atoms with Gasteiger partial charge < -0.3 is 0 Å². The van der Waals surface area contributed by atoms with Gasteiger partial charge in [-0.25, -0.2) is 13.4 Å². The first kappa shape index (κ1) is 23.2. The molecule has 33 heavy (non-hydrogen) atoms. The third-order valence-corrected chi connectivity index (χ3v) is 8.10. The number of carbonyl (C=O) groups excluding carboxylic acids is 1. The van der Waals surface area contributed by atoms with Gasteiger partial charge in [-0.05, 0) is 55.5 Å². The molecule has 1 amide bonds. The molecule has 6 nitrogen and oxygen atoms in total. The molecule has 0 saturated carbocycles. The number of hydrogen-bond acceptors (Lipinski definition) is 5. The second-order valence-corrected chi connectivity index (χ2v) is 10.7. The maximum absolute atomic E-state index is 13.1. The van der Waals surface area contributed by atoms with Gasteiger partial charge in [-0.3, -0.25) is 14.4 Å². The van der Waals surface area contributed by atoms with Gasteiger partial charge >= 0.3 is 0 Å². The fraction of sp³-hybridized carbons (Fsp3) is 0.0833. The van der Waals surface area contributed by atoms with E-state index >= 15 is 0 Å². The Morgan fingerprint density at radius 3 is 2.30 bits per heavy atom. The van der Waals surface area contributed by atoms with Gasteiger partial charge in [-0.2, -0.15) is 0 Å². The van der Waals surface area contributed by atoms with E-state index in [4.69, 9.17) is 0 Å². The van der Waals surface area contributed by atoms with Crippen molar-refractivity contribution in [2.75, 3.05) is 16.2 Å². The molecule has 1 heterocycles. The summed E-state index contributed by atoms with van der Waals surface area (Å²) in [7, 11) is -3.75. The number of halogens is 1. The molecule has 168 valence electrons. The van der Waals surface area contributed by atoms with Crippen LogP contribution in [0.3, 0.4) is 0 Å². The Balaban J connectivity index is 1.49. The number of nitrogens with zero attached hydrogens (tertiary/aromatic N) is 2. The quantitative estimate of drug-likeness (QED) is 0.309. The molecule has 0 radical (unpaired) electrons. The van der Waals surface area contributed by atoms with Crippen molar-refractivity contribution in [3.05, 3.63) is 94.3 Å². The number of amides is 1. The van der Waals surface area contributed by atoms with Crippen LogP contribution in [0.25, 0.3) is 11.3 Å². The first-order valence-corrected chi connectivity index (χ1v) is 13.2. The van der Waals surface area contributed by atoms with Gasteiger partial charge in [0.2, 0.25) is 0 Å². The van der Waals surface area contributed by atoms with Crippen molar-refractivity contribution in [3.63, 3.8) is 0 Å². The first-order chi connectivity index (χ1) is 15.9. The molecule has 0 aliphatic heterocycles. The summed E-state index contributed by atoms with van der Waals surface area (Å²) >= 11 is 4.73. The van der Waals surface area contributed by atoms with E-state index in [0.717, 1.165) is 15.7 Å². The van der Waals surface area contributed by atoms with E-state index < -0.39 is 10.0 Å². The van der Waals surface area contributed by atoms with Gasteiger partial charge in [0, 0.05) is 27.5 Å². The molecule has 0 bridgehead atoms. The van der Waals surface area contributed by atoms with Gasteiger partial charge in [-0.15, -0.1) is 11.3 Å². The van der Waals surface area contributed by atoms with Crippen molar-refractivity contribution < 1.29 is 13.2 Å². The van der Waals surface area contributed by atoms with Crippen LogP contribution in [0.1, 0.15) is 17.3 Å². The van der Waals surface area contributed by atoms with Crippen LogP contribution in [-0.4, -0.2) is 25.9 Å². The Hall–Kier alpha value is -3.01. The Morgan fingerprint density at radius 1 is 1.00 bits per heavy atom. The molecular weight excluding hydrogens is 522 g/mol. The standard InChI is InChI=1S/C24H20BrN3O3S2/c1-2-28(20-6-4-3-5-7-20)33(30,31)21-14-10-18(11-15-21)23(29)27-24-26-22(16-32-24)17-8-12-19(25)13-9-17/h3-16H,2H2,1H3,(H,26,27,29). The molecule has 1 N–H and O–H groups in total. The van der Waals surface area contributed by atoms with Crippen LogP contribution in [-0.2, 0) is 10.0 Å². The molecule has 0 aliphatic carbocycles. The summed E-state index contributed by atoms with van der Waals surface area (Å²) in [5, 5.41) is 5.12. The van der Waals surface area contributed by atoms with E-state index in [1.165, 1.54) is 39.9 Å². The largest absolute Gasteiger partial charge is 0.298 e. The minimum Gasteiger partial charge on any atom is -0.298 e. The molecule has 0 spiro atoms. The number of anilines is 2. The summed E-state index contributed by atoms with van der Waals surface area (Å²) in [4.78, 5) is 17.3. The topological polar surface area (TPSA) is 79.4 Å². The third kappa shape index (κ3) is 5.16. The smallest absolute Gasteiger partial charge is 0.264 e. The van der Waals surface area contributed by atoms with Crippen molar-refractivity contribution in [2.45, 2.75) is 11.8 Å². The molecule has 0 unspecified atom stereocenters. The monoisotopic (exact) mass is 541 g/mol. The van der Waals surface area contributed by atoms with Gasteiger partial charge in [0.25, 0.3) is 15.9 Å². The number of aromatic nitrogens is 1. The molecule has 3 aromatic carbocycles. The molecule has 0 atom stereocenters. The average molecular weight is 542 g/mol. The molecule has 0 aliphatic rings. The molecule has 4 rings (SSSR count). The van der Waals surface area contributed by atoms with Gasteiger partial charge in [0.1, 0.15) is 0 Å². The molecule has 0 saturated heterocycles. The molecule has 0 fully saturated rings. The van der Waals surface area contributed by atoms with E-state index in [-0.39, 0.29) is 10.8 Å². The maximum Gasteiger partial charge on any atom is 0.264 e. The highest BCUT2D eigenvalue weighted by Crippen LogP contribution is 2.27. The van der Waals surface area contributed by atoms with Crippen LogP contribution in [0.2, 0.25) is 0 Å². The highest BCUT2D eigenvalue weighted by Gasteiger charge is 2.23. The van der Waals surface area contributed by atoms with Crippen molar-refractivity contribution in [2.24, 2.45) is 0 Å². The summed E-state index contributed by atoms with van der Waals surface area (Å²) in [5.41, 5.74) is 2.65. The lowest BCUT2D eigenvalue weighted by Gasteiger charge is -2.22. The maximum atomic E-state index is 13.1. The Kier molecular flexibility index (Phi) is 6.92. The fourth-order valence-electron chi connectivity index (χ4n) is 3.24. The summed E-state index contributed by atoms with van der Waals surface area (Å²) in [6.45, 7) is 2.07.